The van der Waals surface area contributed by atoms with Crippen LogP contribution in [-0.2, 0) is 9.59 Å². The number of carboxylic acid groups (broad SMARTS) is 2. The van der Waals surface area contributed by atoms with Crippen molar-refractivity contribution in [2.75, 3.05) is 0 Å². The van der Waals surface area contributed by atoms with Gasteiger partial charge in [0.2, 0.25) is 0 Å². The summed E-state index contributed by atoms with van der Waals surface area (Å²) in [5.41, 5.74) is 0. The van der Waals surface area contributed by atoms with Crippen LogP contribution in [0.2, 0.25) is 0 Å². The molecule has 0 aromatic carbocycles. The molecular weight excluding hydrogens is 184 g/mol. The highest BCUT2D eigenvalue weighted by Crippen LogP contribution is 2.41. The second kappa shape index (κ2) is 3.98. The summed E-state index contributed by atoms with van der Waals surface area (Å²) in [5.74, 6) is -2.90. The first kappa shape index (κ1) is 11.0. The molecule has 0 bridgehead atoms. The Bertz CT molecular complexity index is 249. The van der Waals surface area contributed by atoms with Crippen molar-refractivity contribution < 1.29 is 19.8 Å². The predicted molar refractivity (Wildman–Crippen MR) is 49.8 cm³/mol. The minimum atomic E-state index is -0.893. The maximum atomic E-state index is 11.0. The molecule has 0 aliphatic heterocycles. The third-order valence-corrected chi connectivity index (χ3v) is 3.35. The summed E-state index contributed by atoms with van der Waals surface area (Å²) >= 11 is 0. The van der Waals surface area contributed by atoms with Gasteiger partial charge in [-0.1, -0.05) is 13.8 Å². The number of aliphatic carboxylic acids is 2. The van der Waals surface area contributed by atoms with Gasteiger partial charge in [-0.3, -0.25) is 9.59 Å². The molecule has 0 aromatic rings. The summed E-state index contributed by atoms with van der Waals surface area (Å²) in [6, 6.07) is 0. The third-order valence-electron chi connectivity index (χ3n) is 3.35. The van der Waals surface area contributed by atoms with E-state index in [0.717, 1.165) is 6.42 Å². The van der Waals surface area contributed by atoms with E-state index in [2.05, 4.69) is 0 Å². The van der Waals surface area contributed by atoms with E-state index in [9.17, 15) is 9.59 Å². The number of hydrogen-bond donors (Lipinski definition) is 2. The Morgan fingerprint density at radius 1 is 1.29 bits per heavy atom. The average Bonchev–Trinajstić information content (AvgIpc) is 2.45. The second-order valence-corrected chi connectivity index (χ2v) is 4.21. The van der Waals surface area contributed by atoms with Gasteiger partial charge in [-0.05, 0) is 24.7 Å². The van der Waals surface area contributed by atoms with Crippen molar-refractivity contribution >= 4 is 11.9 Å². The maximum Gasteiger partial charge on any atom is 0.307 e. The fourth-order valence-electron chi connectivity index (χ4n) is 2.41. The van der Waals surface area contributed by atoms with Crippen molar-refractivity contribution in [1.82, 2.24) is 0 Å². The van der Waals surface area contributed by atoms with Crippen molar-refractivity contribution in [2.45, 2.75) is 26.7 Å². The van der Waals surface area contributed by atoms with Gasteiger partial charge in [0.25, 0.3) is 0 Å². The highest BCUT2D eigenvalue weighted by molar-refractivity contribution is 5.75. The lowest BCUT2D eigenvalue weighted by atomic mass is 9.82. The van der Waals surface area contributed by atoms with Crippen LogP contribution in [0.5, 0.6) is 0 Å². The summed E-state index contributed by atoms with van der Waals surface area (Å²) < 4.78 is 0. The molecule has 2 N–H and O–H groups in total. The van der Waals surface area contributed by atoms with Gasteiger partial charge in [-0.25, -0.2) is 0 Å². The second-order valence-electron chi connectivity index (χ2n) is 4.21. The summed E-state index contributed by atoms with van der Waals surface area (Å²) in [4.78, 5) is 21.7. The van der Waals surface area contributed by atoms with Crippen LogP contribution < -0.4 is 0 Å². The molecule has 80 valence electrons. The largest absolute Gasteiger partial charge is 0.481 e. The van der Waals surface area contributed by atoms with Crippen LogP contribution in [0.15, 0.2) is 0 Å². The van der Waals surface area contributed by atoms with Crippen LogP contribution in [0.1, 0.15) is 26.7 Å². The Morgan fingerprint density at radius 2 is 1.86 bits per heavy atom. The molecule has 4 heteroatoms. The summed E-state index contributed by atoms with van der Waals surface area (Å²) in [7, 11) is 0. The highest BCUT2D eigenvalue weighted by atomic mass is 16.4. The zero-order chi connectivity index (χ0) is 10.9. The van der Waals surface area contributed by atoms with Crippen LogP contribution in [0, 0.1) is 23.7 Å². The van der Waals surface area contributed by atoms with Crippen LogP contribution in [0.4, 0.5) is 0 Å². The number of hydrogen-bond acceptors (Lipinski definition) is 2. The molecule has 1 fully saturated rings. The van der Waals surface area contributed by atoms with Crippen molar-refractivity contribution in [3.8, 4) is 0 Å². The van der Waals surface area contributed by atoms with E-state index in [0.29, 0.717) is 6.42 Å². The molecule has 1 rings (SSSR count). The van der Waals surface area contributed by atoms with E-state index in [4.69, 9.17) is 10.2 Å². The van der Waals surface area contributed by atoms with E-state index in [1.54, 1.807) is 6.92 Å². The minimum Gasteiger partial charge on any atom is -0.481 e. The number of carbonyl (C=O) groups is 2. The Kier molecular flexibility index (Phi) is 3.13. The van der Waals surface area contributed by atoms with Gasteiger partial charge >= 0.3 is 11.9 Å². The Morgan fingerprint density at radius 3 is 2.29 bits per heavy atom. The third kappa shape index (κ3) is 1.89. The van der Waals surface area contributed by atoms with Gasteiger partial charge in [0.15, 0.2) is 0 Å². The van der Waals surface area contributed by atoms with Crippen molar-refractivity contribution in [3.05, 3.63) is 0 Å². The normalized spacial score (nSPS) is 34.0. The zero-order valence-corrected chi connectivity index (χ0v) is 8.43. The summed E-state index contributed by atoms with van der Waals surface area (Å²) in [6.45, 7) is 3.48. The van der Waals surface area contributed by atoms with Gasteiger partial charge in [0, 0.05) is 0 Å². The lowest BCUT2D eigenvalue weighted by molar-refractivity contribution is -0.148. The first-order chi connectivity index (χ1) is 6.45. The smallest absolute Gasteiger partial charge is 0.307 e. The van der Waals surface area contributed by atoms with Crippen LogP contribution in [-0.4, -0.2) is 22.2 Å². The molecule has 14 heavy (non-hydrogen) atoms. The molecule has 1 aliphatic carbocycles. The number of carboxylic acids is 2. The molecule has 0 heterocycles. The van der Waals surface area contributed by atoms with Crippen molar-refractivity contribution in [1.29, 1.82) is 0 Å². The molecule has 0 radical (unpaired) electrons. The van der Waals surface area contributed by atoms with Crippen LogP contribution >= 0.6 is 0 Å². The monoisotopic (exact) mass is 200 g/mol. The molecule has 0 unspecified atom stereocenters. The quantitative estimate of drug-likeness (QED) is 0.723. The van der Waals surface area contributed by atoms with Crippen molar-refractivity contribution in [2.24, 2.45) is 23.7 Å². The average molecular weight is 200 g/mol. The van der Waals surface area contributed by atoms with Gasteiger partial charge in [0.05, 0.1) is 11.8 Å². The van der Waals surface area contributed by atoms with E-state index < -0.39 is 23.8 Å². The lowest BCUT2D eigenvalue weighted by Gasteiger charge is -2.21. The first-order valence-electron chi connectivity index (χ1n) is 4.90. The van der Waals surface area contributed by atoms with Crippen LogP contribution in [0.3, 0.4) is 0 Å². The minimum absolute atomic E-state index is 0.0966. The molecule has 0 spiro atoms. The summed E-state index contributed by atoms with van der Waals surface area (Å²) in [5, 5.41) is 17.8. The fourth-order valence-corrected chi connectivity index (χ4v) is 2.41. The molecular formula is C10H16O4. The molecule has 1 aliphatic rings. The topological polar surface area (TPSA) is 74.6 Å². The van der Waals surface area contributed by atoms with Crippen molar-refractivity contribution in [3.63, 3.8) is 0 Å². The van der Waals surface area contributed by atoms with Gasteiger partial charge < -0.3 is 10.2 Å². The predicted octanol–water partition coefficient (Wildman–Crippen LogP) is 1.45. The Balaban J connectivity index is 2.79. The SMILES string of the molecule is C[C@@H]1CC[C@H]([C@H](C)C(=O)O)[C@H]1C(=O)O. The van der Waals surface area contributed by atoms with E-state index in [1.165, 1.54) is 0 Å². The Labute approximate surface area is 82.9 Å². The van der Waals surface area contributed by atoms with E-state index in [1.807, 2.05) is 6.92 Å². The standard InChI is InChI=1S/C10H16O4/c1-5-3-4-7(6(2)9(11)12)8(5)10(13)14/h5-8H,3-4H2,1-2H3,(H,11,12)(H,13,14)/t5-,6+,7-,8+/m1/s1. The molecule has 4 atom stereocenters. The van der Waals surface area contributed by atoms with E-state index in [-0.39, 0.29) is 11.8 Å². The van der Waals surface area contributed by atoms with E-state index >= 15 is 0 Å². The first-order valence-corrected chi connectivity index (χ1v) is 4.90. The van der Waals surface area contributed by atoms with Crippen LogP contribution in [0.25, 0.3) is 0 Å². The lowest BCUT2D eigenvalue weighted by Crippen LogP contribution is -2.30. The highest BCUT2D eigenvalue weighted by Gasteiger charge is 2.43. The summed E-state index contributed by atoms with van der Waals surface area (Å²) in [6.07, 6.45) is 1.53. The Hall–Kier alpha value is -1.06. The molecule has 1 saturated carbocycles. The molecule has 0 amide bonds. The van der Waals surface area contributed by atoms with Gasteiger partial charge in [-0.2, -0.15) is 0 Å². The number of rotatable bonds is 3. The maximum absolute atomic E-state index is 11.0. The molecule has 4 nitrogen and oxygen atoms in total. The van der Waals surface area contributed by atoms with Gasteiger partial charge in [0.1, 0.15) is 0 Å². The molecule has 0 saturated heterocycles. The fraction of sp³-hybridized carbons (Fsp3) is 0.800. The van der Waals surface area contributed by atoms with Gasteiger partial charge in [-0.15, -0.1) is 0 Å². The molecule has 0 aromatic heterocycles. The zero-order valence-electron chi connectivity index (χ0n) is 8.43.